The lowest BCUT2D eigenvalue weighted by molar-refractivity contribution is 0.462. The van der Waals surface area contributed by atoms with Crippen molar-refractivity contribution in [3.63, 3.8) is 0 Å². The Morgan fingerprint density at radius 3 is 2.94 bits per heavy atom. The lowest BCUT2D eigenvalue weighted by atomic mass is 10.2. The minimum absolute atomic E-state index is 0.134. The van der Waals surface area contributed by atoms with Gasteiger partial charge in [-0.3, -0.25) is 0 Å². The zero-order valence-electron chi connectivity index (χ0n) is 9.32. The Morgan fingerprint density at radius 1 is 1.29 bits per heavy atom. The van der Waals surface area contributed by atoms with Crippen LogP contribution in [0, 0.1) is 5.82 Å². The number of benzene rings is 1. The second-order valence-electron chi connectivity index (χ2n) is 3.78. The van der Waals surface area contributed by atoms with E-state index >= 15 is 0 Å². The lowest BCUT2D eigenvalue weighted by Gasteiger charge is -2.06. The van der Waals surface area contributed by atoms with E-state index in [2.05, 4.69) is 11.4 Å². The molecule has 0 fully saturated rings. The van der Waals surface area contributed by atoms with Crippen LogP contribution in [-0.2, 0) is 13.0 Å². The van der Waals surface area contributed by atoms with E-state index in [-0.39, 0.29) is 11.6 Å². The Hall–Kier alpha value is -1.39. The average molecular weight is 251 g/mol. The Morgan fingerprint density at radius 2 is 2.18 bits per heavy atom. The molecule has 0 bridgehead atoms. The summed E-state index contributed by atoms with van der Waals surface area (Å²) in [6.45, 7) is 1.30. The molecular weight excluding hydrogens is 237 g/mol. The molecule has 0 unspecified atom stereocenters. The van der Waals surface area contributed by atoms with E-state index in [1.54, 1.807) is 11.3 Å². The van der Waals surface area contributed by atoms with Crippen molar-refractivity contribution in [2.75, 3.05) is 6.54 Å². The van der Waals surface area contributed by atoms with Crippen molar-refractivity contribution in [3.8, 4) is 5.75 Å². The lowest BCUT2D eigenvalue weighted by Crippen LogP contribution is -2.16. The first-order valence-electron chi connectivity index (χ1n) is 5.46. The zero-order chi connectivity index (χ0) is 12.1. The highest BCUT2D eigenvalue weighted by Crippen LogP contribution is 2.17. The van der Waals surface area contributed by atoms with Crippen LogP contribution in [0.3, 0.4) is 0 Å². The molecule has 1 aromatic carbocycles. The fourth-order valence-corrected chi connectivity index (χ4v) is 2.29. The molecule has 0 saturated carbocycles. The summed E-state index contributed by atoms with van der Waals surface area (Å²) in [4.78, 5) is 1.32. The van der Waals surface area contributed by atoms with Crippen molar-refractivity contribution < 1.29 is 9.50 Å². The van der Waals surface area contributed by atoms with Crippen LogP contribution in [-0.4, -0.2) is 11.7 Å². The van der Waals surface area contributed by atoms with E-state index in [1.165, 1.54) is 23.1 Å². The maximum absolute atomic E-state index is 12.9. The summed E-state index contributed by atoms with van der Waals surface area (Å²) in [6.07, 6.45) is 0.952. The maximum Gasteiger partial charge on any atom is 0.123 e. The van der Waals surface area contributed by atoms with E-state index < -0.39 is 0 Å². The van der Waals surface area contributed by atoms with Gasteiger partial charge in [0.25, 0.3) is 0 Å². The molecule has 4 heteroatoms. The van der Waals surface area contributed by atoms with Gasteiger partial charge in [-0.1, -0.05) is 6.07 Å². The number of hydrogen-bond donors (Lipinski definition) is 2. The van der Waals surface area contributed by atoms with E-state index in [0.29, 0.717) is 12.1 Å². The summed E-state index contributed by atoms with van der Waals surface area (Å²) in [6, 6.07) is 8.11. The van der Waals surface area contributed by atoms with Gasteiger partial charge in [-0.2, -0.15) is 0 Å². The SMILES string of the molecule is Oc1ccc(F)cc1CNCCc1cccs1. The standard InChI is InChI=1S/C13H14FNOS/c14-11-3-4-13(16)10(8-11)9-15-6-5-12-2-1-7-17-12/h1-4,7-8,15-16H,5-6,9H2. The van der Waals surface area contributed by atoms with Gasteiger partial charge in [-0.05, 0) is 36.1 Å². The summed E-state index contributed by atoms with van der Waals surface area (Å²) in [7, 11) is 0. The van der Waals surface area contributed by atoms with Crippen LogP contribution in [0.4, 0.5) is 4.39 Å². The van der Waals surface area contributed by atoms with Crippen LogP contribution in [0.5, 0.6) is 5.75 Å². The summed E-state index contributed by atoms with van der Waals surface area (Å²) in [5, 5.41) is 14.8. The summed E-state index contributed by atoms with van der Waals surface area (Å²) < 4.78 is 12.9. The Balaban J connectivity index is 1.80. The van der Waals surface area contributed by atoms with Crippen molar-refractivity contribution in [1.29, 1.82) is 0 Å². The van der Waals surface area contributed by atoms with Gasteiger partial charge >= 0.3 is 0 Å². The van der Waals surface area contributed by atoms with Crippen molar-refractivity contribution in [2.45, 2.75) is 13.0 Å². The minimum atomic E-state index is -0.321. The molecule has 2 N–H and O–H groups in total. The molecule has 1 aromatic heterocycles. The number of phenolic OH excluding ortho intramolecular Hbond substituents is 1. The number of thiophene rings is 1. The number of phenols is 1. The second kappa shape index (κ2) is 5.80. The summed E-state index contributed by atoms with van der Waals surface area (Å²) in [5.41, 5.74) is 0.594. The van der Waals surface area contributed by atoms with Gasteiger partial charge in [-0.25, -0.2) is 4.39 Å². The monoisotopic (exact) mass is 251 g/mol. The predicted molar refractivity (Wildman–Crippen MR) is 67.8 cm³/mol. The van der Waals surface area contributed by atoms with E-state index in [4.69, 9.17) is 0 Å². The molecular formula is C13H14FNOS. The molecule has 17 heavy (non-hydrogen) atoms. The molecule has 0 aliphatic carbocycles. The summed E-state index contributed by atoms with van der Waals surface area (Å²) >= 11 is 1.73. The fraction of sp³-hybridized carbons (Fsp3) is 0.231. The third kappa shape index (κ3) is 3.54. The van der Waals surface area contributed by atoms with Gasteiger partial charge in [0, 0.05) is 23.5 Å². The molecule has 2 nitrogen and oxygen atoms in total. The highest BCUT2D eigenvalue weighted by Gasteiger charge is 2.02. The number of aromatic hydroxyl groups is 1. The third-order valence-corrected chi connectivity index (χ3v) is 3.42. The van der Waals surface area contributed by atoms with Gasteiger partial charge in [0.15, 0.2) is 0 Å². The van der Waals surface area contributed by atoms with Gasteiger partial charge in [0.2, 0.25) is 0 Å². The molecule has 0 aliphatic heterocycles. The molecule has 0 amide bonds. The van der Waals surface area contributed by atoms with Gasteiger partial charge in [-0.15, -0.1) is 11.3 Å². The molecule has 0 atom stereocenters. The molecule has 1 heterocycles. The van der Waals surface area contributed by atoms with Crippen LogP contribution >= 0.6 is 11.3 Å². The highest BCUT2D eigenvalue weighted by molar-refractivity contribution is 7.09. The van der Waals surface area contributed by atoms with Crippen LogP contribution in [0.1, 0.15) is 10.4 Å². The molecule has 0 aliphatic rings. The molecule has 0 spiro atoms. The molecule has 2 rings (SSSR count). The third-order valence-electron chi connectivity index (χ3n) is 2.49. The van der Waals surface area contributed by atoms with Crippen LogP contribution < -0.4 is 5.32 Å². The number of halogens is 1. The number of rotatable bonds is 5. The number of hydrogen-bond acceptors (Lipinski definition) is 3. The average Bonchev–Trinajstić information content (AvgIpc) is 2.82. The van der Waals surface area contributed by atoms with Gasteiger partial charge < -0.3 is 10.4 Å². The van der Waals surface area contributed by atoms with E-state index in [0.717, 1.165) is 13.0 Å². The quantitative estimate of drug-likeness (QED) is 0.801. The van der Waals surface area contributed by atoms with Crippen LogP contribution in [0.15, 0.2) is 35.7 Å². The molecule has 2 aromatic rings. The predicted octanol–water partition coefficient (Wildman–Crippen LogP) is 2.93. The first-order chi connectivity index (χ1) is 8.25. The molecule has 0 saturated heterocycles. The topological polar surface area (TPSA) is 32.3 Å². The Labute approximate surface area is 104 Å². The smallest absolute Gasteiger partial charge is 0.123 e. The fourth-order valence-electron chi connectivity index (χ4n) is 1.59. The van der Waals surface area contributed by atoms with Crippen LogP contribution in [0.2, 0.25) is 0 Å². The first-order valence-corrected chi connectivity index (χ1v) is 6.34. The van der Waals surface area contributed by atoms with E-state index in [1.807, 2.05) is 11.4 Å². The Bertz CT molecular complexity index is 470. The molecule has 90 valence electrons. The van der Waals surface area contributed by atoms with E-state index in [9.17, 15) is 9.50 Å². The van der Waals surface area contributed by atoms with Gasteiger partial charge in [0.05, 0.1) is 0 Å². The van der Waals surface area contributed by atoms with Gasteiger partial charge in [0.1, 0.15) is 11.6 Å². The van der Waals surface area contributed by atoms with Crippen molar-refractivity contribution >= 4 is 11.3 Å². The zero-order valence-corrected chi connectivity index (χ0v) is 10.1. The van der Waals surface area contributed by atoms with Crippen LogP contribution in [0.25, 0.3) is 0 Å². The van der Waals surface area contributed by atoms with Crippen molar-refractivity contribution in [2.24, 2.45) is 0 Å². The van der Waals surface area contributed by atoms with Crippen molar-refractivity contribution in [1.82, 2.24) is 5.32 Å². The second-order valence-corrected chi connectivity index (χ2v) is 4.81. The maximum atomic E-state index is 12.9. The summed E-state index contributed by atoms with van der Waals surface area (Å²) in [5.74, 6) is -0.187. The number of nitrogens with one attached hydrogen (secondary N) is 1. The highest BCUT2D eigenvalue weighted by atomic mass is 32.1. The Kier molecular flexibility index (Phi) is 4.12. The normalized spacial score (nSPS) is 10.6. The largest absolute Gasteiger partial charge is 0.508 e. The first kappa shape index (κ1) is 12.1. The minimum Gasteiger partial charge on any atom is -0.508 e. The molecule has 0 radical (unpaired) electrons. The van der Waals surface area contributed by atoms with Crippen molar-refractivity contribution in [3.05, 3.63) is 52.0 Å².